The van der Waals surface area contributed by atoms with Crippen molar-refractivity contribution in [1.82, 2.24) is 25.1 Å². The zero-order valence-corrected chi connectivity index (χ0v) is 21.1. The third kappa shape index (κ3) is 6.26. The summed E-state index contributed by atoms with van der Waals surface area (Å²) in [5.41, 5.74) is 3.47. The van der Waals surface area contributed by atoms with Gasteiger partial charge in [0.25, 0.3) is 0 Å². The fourth-order valence-corrected chi connectivity index (χ4v) is 3.94. The molecule has 30 heavy (non-hydrogen) atoms. The molecule has 1 fully saturated rings. The Labute approximate surface area is 181 Å². The number of H-pyrrole nitrogens is 1. The number of aryl methyl sites for hydroxylation is 1. The minimum absolute atomic E-state index is 0. The van der Waals surface area contributed by atoms with Crippen molar-refractivity contribution in [2.75, 3.05) is 13.1 Å². The van der Waals surface area contributed by atoms with E-state index >= 15 is 0 Å². The van der Waals surface area contributed by atoms with Crippen molar-refractivity contribution in [3.63, 3.8) is 0 Å². The Morgan fingerprint density at radius 1 is 1.50 bits per heavy atom. The zero-order chi connectivity index (χ0) is 20.1. The molecule has 7 heteroatoms. The molecule has 2 aromatic rings. The number of halogens is 1. The Kier molecular flexibility index (Phi) is 9.41. The van der Waals surface area contributed by atoms with Gasteiger partial charge in [0, 0.05) is 48.5 Å². The van der Waals surface area contributed by atoms with Gasteiger partial charge in [-0.3, -0.25) is 11.9 Å². The molecule has 0 spiro atoms. The second-order valence-corrected chi connectivity index (χ2v) is 8.18. The second-order valence-electron chi connectivity index (χ2n) is 7.77. The van der Waals surface area contributed by atoms with Crippen molar-refractivity contribution in [3.8, 4) is 0 Å². The van der Waals surface area contributed by atoms with E-state index in [2.05, 4.69) is 51.7 Å². The molecular formula is C23H34ClLrN5-2. The number of aromatic amines is 1. The average molecular weight is 678 g/mol. The maximum Gasteiger partial charge on any atom is 0.0921 e. The van der Waals surface area contributed by atoms with Crippen LogP contribution in [0.15, 0.2) is 43.1 Å². The first-order valence-electron chi connectivity index (χ1n) is 9.93. The van der Waals surface area contributed by atoms with Gasteiger partial charge in [0.05, 0.1) is 12.1 Å². The Bertz CT molecular complexity index is 780. The van der Waals surface area contributed by atoms with Gasteiger partial charge < -0.3 is 22.6 Å². The minimum Gasteiger partial charge on any atom is -0.509 e. The maximum atomic E-state index is 6.11. The average Bonchev–Trinajstić information content (AvgIpc) is 3.21. The van der Waals surface area contributed by atoms with Crippen molar-refractivity contribution >= 4 is 11.6 Å². The van der Waals surface area contributed by atoms with E-state index in [0.717, 1.165) is 48.9 Å². The van der Waals surface area contributed by atoms with Crippen molar-refractivity contribution in [3.05, 3.63) is 79.4 Å². The van der Waals surface area contributed by atoms with Crippen LogP contribution in [0.1, 0.15) is 36.6 Å². The van der Waals surface area contributed by atoms with Gasteiger partial charge in [-0.1, -0.05) is 30.3 Å². The monoisotopic (exact) mass is 677 g/mol. The molecule has 0 bridgehead atoms. The van der Waals surface area contributed by atoms with E-state index < -0.39 is 0 Å². The number of likely N-dealkylation sites (tertiary alicyclic amines) is 1. The zero-order valence-electron chi connectivity index (χ0n) is 18.2. The van der Waals surface area contributed by atoms with Gasteiger partial charge in [-0.05, 0) is 50.4 Å². The molecule has 1 aliphatic rings. The first-order chi connectivity index (χ1) is 13.4. The van der Waals surface area contributed by atoms with E-state index in [1.165, 1.54) is 17.7 Å². The van der Waals surface area contributed by atoms with Gasteiger partial charge in [-0.25, -0.2) is 4.98 Å². The van der Waals surface area contributed by atoms with E-state index in [0.29, 0.717) is 12.1 Å². The van der Waals surface area contributed by atoms with Crippen molar-refractivity contribution in [1.29, 1.82) is 0 Å². The van der Waals surface area contributed by atoms with Crippen LogP contribution in [0.2, 0.25) is 5.02 Å². The molecule has 1 radical (unpaired) electrons. The number of nitrogens with one attached hydrogen (secondary N) is 2. The van der Waals surface area contributed by atoms with E-state index in [4.69, 9.17) is 11.6 Å². The maximum absolute atomic E-state index is 6.11. The molecule has 1 aromatic heterocycles. The van der Waals surface area contributed by atoms with Gasteiger partial charge in [-0.15, -0.1) is 0 Å². The van der Waals surface area contributed by atoms with Crippen LogP contribution in [0, 0.1) is 21.4 Å². The quantitative estimate of drug-likeness (QED) is 0.403. The summed E-state index contributed by atoms with van der Waals surface area (Å²) >= 11 is 6.11. The number of rotatable bonds is 8. The van der Waals surface area contributed by atoms with E-state index in [1.807, 2.05) is 25.3 Å². The number of hydrogen-bond acceptors (Lipinski definition) is 4. The third-order valence-corrected chi connectivity index (χ3v) is 6.05. The molecule has 175 valence electrons. The molecule has 0 amide bonds. The Morgan fingerprint density at radius 3 is 2.93 bits per heavy atom. The summed E-state index contributed by atoms with van der Waals surface area (Å²) in [4.78, 5) is 11.9. The smallest absolute Gasteiger partial charge is 0.0921 e. The summed E-state index contributed by atoms with van der Waals surface area (Å²) in [5.74, 6) is 0.862. The number of piperidine rings is 1. The van der Waals surface area contributed by atoms with Crippen LogP contribution in [-0.4, -0.2) is 44.9 Å². The summed E-state index contributed by atoms with van der Waals surface area (Å²) in [7, 11) is 4.28. The molecule has 1 aromatic carbocycles. The van der Waals surface area contributed by atoms with Crippen LogP contribution in [0.25, 0.3) is 0 Å². The number of nitrogens with zero attached hydrogens (tertiary/aromatic N) is 3. The van der Waals surface area contributed by atoms with Crippen LogP contribution in [0.4, 0.5) is 0 Å². The normalized spacial score (nSPS) is 17.4. The topological polar surface area (TPSA) is 47.2 Å². The van der Waals surface area contributed by atoms with Crippen molar-refractivity contribution < 1.29 is 0 Å². The van der Waals surface area contributed by atoms with Gasteiger partial charge in [0.1, 0.15) is 0 Å². The van der Waals surface area contributed by atoms with Gasteiger partial charge in [0.2, 0.25) is 0 Å². The molecule has 2 N–H and O–H groups in total. The summed E-state index contributed by atoms with van der Waals surface area (Å²) in [5, 5.41) is 4.22. The Hall–Kier alpha value is -2.98. The number of benzene rings is 1. The van der Waals surface area contributed by atoms with Crippen molar-refractivity contribution in [2.45, 2.75) is 51.7 Å². The number of imidazole rings is 1. The molecule has 1 aliphatic heterocycles. The molecule has 5 nitrogen and oxygen atoms in total. The number of hydrogen-bond donors (Lipinski definition) is 2. The van der Waals surface area contributed by atoms with Gasteiger partial charge in [-0.2, -0.15) is 0 Å². The Balaban J connectivity index is 0.00000225. The molecule has 0 saturated carbocycles. The summed E-state index contributed by atoms with van der Waals surface area (Å²) < 4.78 is 0. The minimum atomic E-state index is 0. The molecule has 2 unspecified atom stereocenters. The van der Waals surface area contributed by atoms with Crippen LogP contribution in [0.3, 0.4) is 0 Å². The molecule has 0 aliphatic carbocycles. The summed E-state index contributed by atoms with van der Waals surface area (Å²) in [6.45, 7) is 11.4. The van der Waals surface area contributed by atoms with Crippen molar-refractivity contribution in [2.24, 2.45) is 0 Å². The fraction of sp³-hybridized carbons (Fsp3) is 0.435. The first kappa shape index (κ1) is 25.1. The molecule has 2 heterocycles. The van der Waals surface area contributed by atoms with Crippen LogP contribution in [0.5, 0.6) is 0 Å². The van der Waals surface area contributed by atoms with E-state index in [9.17, 15) is 0 Å². The molecule has 3 rings (SSSR count). The molecule has 2 atom stereocenters. The molecular weight excluding hydrogens is 644 g/mol. The van der Waals surface area contributed by atoms with Gasteiger partial charge >= 0.3 is 0 Å². The fourth-order valence-electron chi connectivity index (χ4n) is 3.82. The first-order valence-corrected chi connectivity index (χ1v) is 10.3. The SMILES string of the molecule is C=C(NCc1ccc(Cl)c(C)c1)N([CH2-])C1CCCN(C(C)Cc2cnc[nH]2)C1.[CH3-].[Lr]. The van der Waals surface area contributed by atoms with E-state index in [1.54, 1.807) is 6.33 Å². The molecule has 1 saturated heterocycles. The van der Waals surface area contributed by atoms with E-state index in [-0.39, 0.29) is 7.43 Å². The summed E-state index contributed by atoms with van der Waals surface area (Å²) in [6.07, 6.45) is 6.95. The second kappa shape index (κ2) is 11.3. The predicted octanol–water partition coefficient (Wildman–Crippen LogP) is 4.57. The standard InChI is InChI=1S/C22H31ClN5.CH3.Lr/c1-16-10-19(7-8-22(16)23)12-25-18(3)27(4)21-6-5-9-28(14-21)17(2)11-20-13-24-15-26-20;;/h7-8,10,13,15,17,21,25H,3-6,9,11-12,14H2,1-2H3,(H,24,26);1H3;/q2*-1;. The number of aromatic nitrogens is 2. The third-order valence-electron chi connectivity index (χ3n) is 5.63. The summed E-state index contributed by atoms with van der Waals surface area (Å²) in [6, 6.07) is 6.93. The van der Waals surface area contributed by atoms with Gasteiger partial charge in [0.15, 0.2) is 0 Å². The Morgan fingerprint density at radius 2 is 2.27 bits per heavy atom. The van der Waals surface area contributed by atoms with Crippen LogP contribution in [-0.2, 0) is 13.0 Å². The largest absolute Gasteiger partial charge is 0.509 e. The van der Waals surface area contributed by atoms with Crippen LogP contribution < -0.4 is 5.32 Å². The van der Waals surface area contributed by atoms with Crippen LogP contribution >= 0.6 is 11.6 Å². The predicted molar refractivity (Wildman–Crippen MR) is 122 cm³/mol.